The first kappa shape index (κ1) is 52.7. The summed E-state index contributed by atoms with van der Waals surface area (Å²) in [7, 11) is 4.11. The van der Waals surface area contributed by atoms with E-state index < -0.39 is 0 Å². The van der Waals surface area contributed by atoms with Gasteiger partial charge in [0.1, 0.15) is 0 Å². The molecule has 368 valence electrons. The van der Waals surface area contributed by atoms with Crippen LogP contribution >= 0.6 is 24.0 Å². The number of nitrogens with zero attached hydrogens (tertiary/aromatic N) is 9. The molecule has 0 radical (unpaired) electrons. The SMILES string of the molecule is CCC.C[C@@H]1CN(c2ccc(-c3cnc4c(-c5ccc(C#N)cc5)cncc4c3Cl)cc2)C[C@H](C)O1.C[C@@H]1CN(c2ccc(-c3cnc4c(-c5ccc(C#N)cc5)cncc4c3N(C)C)cc2)C[C@H](C)O1.Cl. The van der Waals surface area contributed by atoms with Crippen LogP contribution in [0, 0.1) is 22.7 Å². The van der Waals surface area contributed by atoms with E-state index >= 15 is 0 Å². The number of halogens is 2. The zero-order valence-corrected chi connectivity index (χ0v) is 43.7. The first-order valence-electron chi connectivity index (χ1n) is 24.3. The minimum atomic E-state index is 0. The van der Waals surface area contributed by atoms with E-state index in [1.807, 2.05) is 61.2 Å². The van der Waals surface area contributed by atoms with Crippen molar-refractivity contribution in [3.8, 4) is 56.6 Å². The number of nitriles is 2. The molecule has 4 aromatic heterocycles. The molecule has 2 saturated heterocycles. The van der Waals surface area contributed by atoms with Crippen molar-refractivity contribution in [3.63, 3.8) is 0 Å². The molecule has 2 aliphatic heterocycles. The molecular weight excluding hydrogens is 938 g/mol. The number of aromatic nitrogens is 4. The quantitative estimate of drug-likeness (QED) is 0.151. The molecule has 8 aromatic rings. The smallest absolute Gasteiger partial charge is 0.0991 e. The molecule has 0 bridgehead atoms. The lowest BCUT2D eigenvalue weighted by molar-refractivity contribution is -0.00548. The minimum Gasteiger partial charge on any atom is -0.377 e. The van der Waals surface area contributed by atoms with Crippen LogP contribution in [0.2, 0.25) is 5.02 Å². The zero-order valence-electron chi connectivity index (χ0n) is 42.2. The lowest BCUT2D eigenvalue weighted by atomic mass is 9.98. The van der Waals surface area contributed by atoms with E-state index in [-0.39, 0.29) is 36.8 Å². The highest BCUT2D eigenvalue weighted by molar-refractivity contribution is 6.38. The third-order valence-corrected chi connectivity index (χ3v) is 12.9. The predicted molar refractivity (Wildman–Crippen MR) is 297 cm³/mol. The van der Waals surface area contributed by atoms with Gasteiger partial charge in [0.25, 0.3) is 0 Å². The number of hydrogen-bond donors (Lipinski definition) is 0. The van der Waals surface area contributed by atoms with Gasteiger partial charge in [-0.15, -0.1) is 12.4 Å². The Labute approximate surface area is 435 Å². The van der Waals surface area contributed by atoms with Crippen molar-refractivity contribution in [1.29, 1.82) is 10.5 Å². The van der Waals surface area contributed by atoms with E-state index in [2.05, 4.69) is 141 Å². The molecule has 0 amide bonds. The molecule has 0 spiro atoms. The summed E-state index contributed by atoms with van der Waals surface area (Å²) < 4.78 is 11.7. The van der Waals surface area contributed by atoms with Crippen molar-refractivity contribution >= 4 is 62.9 Å². The van der Waals surface area contributed by atoms with E-state index in [0.717, 1.165) is 98.2 Å². The maximum atomic E-state index is 9.13. The van der Waals surface area contributed by atoms with Gasteiger partial charge in [0.15, 0.2) is 0 Å². The number of hydrogen-bond acceptors (Lipinski definition) is 11. The van der Waals surface area contributed by atoms with Crippen LogP contribution in [0.5, 0.6) is 0 Å². The Balaban J connectivity index is 0.000000198. The van der Waals surface area contributed by atoms with Gasteiger partial charge in [0.05, 0.1) is 69.4 Å². The highest BCUT2D eigenvalue weighted by Crippen LogP contribution is 2.40. The fourth-order valence-corrected chi connectivity index (χ4v) is 9.73. The fraction of sp³-hybridized carbons (Fsp3) is 0.288. The molecule has 0 unspecified atom stereocenters. The predicted octanol–water partition coefficient (Wildman–Crippen LogP) is 13.5. The van der Waals surface area contributed by atoms with Crippen molar-refractivity contribution < 1.29 is 9.47 Å². The summed E-state index contributed by atoms with van der Waals surface area (Å²) in [4.78, 5) is 25.5. The van der Waals surface area contributed by atoms with Crippen LogP contribution < -0.4 is 14.7 Å². The maximum Gasteiger partial charge on any atom is 0.0991 e. The molecule has 2 fully saturated rings. The van der Waals surface area contributed by atoms with E-state index in [1.54, 1.807) is 24.5 Å². The first-order valence-corrected chi connectivity index (χ1v) is 24.7. The summed E-state index contributed by atoms with van der Waals surface area (Å²) in [5, 5.41) is 20.6. The summed E-state index contributed by atoms with van der Waals surface area (Å²) in [6, 6.07) is 36.4. The topological polar surface area (TPSA) is 127 Å². The normalized spacial score (nSPS) is 17.3. The monoisotopic (exact) mass is 997 g/mol. The van der Waals surface area contributed by atoms with E-state index in [0.29, 0.717) is 16.1 Å². The molecule has 6 heterocycles. The van der Waals surface area contributed by atoms with Gasteiger partial charge in [0, 0.05) is 122 Å². The van der Waals surface area contributed by atoms with Gasteiger partial charge in [-0.05, 0) is 98.5 Å². The van der Waals surface area contributed by atoms with Crippen LogP contribution in [0.1, 0.15) is 59.1 Å². The van der Waals surface area contributed by atoms with E-state index in [1.165, 1.54) is 17.8 Å². The van der Waals surface area contributed by atoms with Crippen LogP contribution in [0.15, 0.2) is 134 Å². The number of morpholine rings is 2. The molecule has 0 saturated carbocycles. The highest BCUT2D eigenvalue weighted by atomic mass is 35.5. The van der Waals surface area contributed by atoms with Crippen LogP contribution in [0.25, 0.3) is 66.3 Å². The van der Waals surface area contributed by atoms with Crippen LogP contribution in [-0.2, 0) is 9.47 Å². The van der Waals surface area contributed by atoms with E-state index in [9.17, 15) is 0 Å². The lowest BCUT2D eigenvalue weighted by Gasteiger charge is -2.37. The number of ether oxygens (including phenoxy) is 2. The van der Waals surface area contributed by atoms with Gasteiger partial charge in [-0.2, -0.15) is 10.5 Å². The maximum absolute atomic E-state index is 9.13. The summed E-state index contributed by atoms with van der Waals surface area (Å²) in [6.45, 7) is 16.3. The summed E-state index contributed by atoms with van der Waals surface area (Å²) >= 11 is 6.86. The Morgan fingerprint density at radius 1 is 0.528 bits per heavy atom. The van der Waals surface area contributed by atoms with Gasteiger partial charge < -0.3 is 24.2 Å². The zero-order chi connectivity index (χ0) is 50.2. The molecule has 11 nitrogen and oxygen atoms in total. The summed E-state index contributed by atoms with van der Waals surface area (Å²) in [5.74, 6) is 0. The van der Waals surface area contributed by atoms with Crippen molar-refractivity contribution in [3.05, 3.63) is 150 Å². The lowest BCUT2D eigenvalue weighted by Crippen LogP contribution is -2.45. The number of rotatable bonds is 7. The first-order chi connectivity index (χ1) is 34.4. The minimum absolute atomic E-state index is 0. The molecule has 10 rings (SSSR count). The Hall–Kier alpha value is -7.12. The second-order valence-corrected chi connectivity index (χ2v) is 18.9. The van der Waals surface area contributed by atoms with Gasteiger partial charge in [-0.25, -0.2) is 0 Å². The molecular formula is C59H61Cl2N9O2. The molecule has 0 N–H and O–H groups in total. The summed E-state index contributed by atoms with van der Waals surface area (Å²) in [6.07, 6.45) is 13.2. The van der Waals surface area contributed by atoms with Crippen molar-refractivity contribution in [2.75, 3.05) is 55.0 Å². The van der Waals surface area contributed by atoms with Gasteiger partial charge in [0.2, 0.25) is 0 Å². The summed E-state index contributed by atoms with van der Waals surface area (Å²) in [5.41, 5.74) is 14.2. The number of pyridine rings is 4. The molecule has 72 heavy (non-hydrogen) atoms. The standard InChI is InChI=1S/C29H29N5O.C27H23ClN4O.C3H8.ClH/c1-19-17-34(18-20(2)35-19)24-11-9-23(10-12-24)26-16-32-28-25(22-7-5-21(13-30)6-8-22)14-31-15-27(28)29(26)33(3)4;1-17-15-32(16-18(2)33-17)22-9-7-20(8-10-22)23-14-31-27-24(12-30-13-25(27)26(23)28)21-5-3-19(11-29)4-6-21;1-3-2;/h5-12,14-16,19-20H,17-18H2,1-4H3;3-10,12-14,17-18H,15-16H2,1-2H3;3H2,1-2H3;1H/t19-,20+;17-,18+;;. The Morgan fingerprint density at radius 2 is 0.875 bits per heavy atom. The second kappa shape index (κ2) is 23.9. The number of anilines is 3. The van der Waals surface area contributed by atoms with Crippen molar-refractivity contribution in [2.45, 2.75) is 72.4 Å². The van der Waals surface area contributed by atoms with E-state index in [4.69, 9.17) is 41.6 Å². The molecule has 13 heteroatoms. The van der Waals surface area contributed by atoms with Gasteiger partial charge in [-0.3, -0.25) is 19.9 Å². The molecule has 4 aromatic carbocycles. The largest absolute Gasteiger partial charge is 0.377 e. The number of fused-ring (bicyclic) bond motifs is 2. The molecule has 2 aliphatic rings. The number of benzene rings is 4. The second-order valence-electron chi connectivity index (χ2n) is 18.6. The average molecular weight is 999 g/mol. The Bertz CT molecular complexity index is 3170. The molecule has 0 aliphatic carbocycles. The Morgan fingerprint density at radius 3 is 1.28 bits per heavy atom. The van der Waals surface area contributed by atoms with Gasteiger partial charge >= 0.3 is 0 Å². The highest BCUT2D eigenvalue weighted by Gasteiger charge is 2.24. The third kappa shape index (κ3) is 11.8. The van der Waals surface area contributed by atoms with Crippen molar-refractivity contribution in [1.82, 2.24) is 19.9 Å². The molecule has 4 atom stereocenters. The van der Waals surface area contributed by atoms with Crippen LogP contribution in [0.4, 0.5) is 17.1 Å². The average Bonchev–Trinajstić information content (AvgIpc) is 3.38. The Kier molecular flexibility index (Phi) is 17.5. The fourth-order valence-electron chi connectivity index (χ4n) is 9.43. The third-order valence-electron chi connectivity index (χ3n) is 12.5. The van der Waals surface area contributed by atoms with Gasteiger partial charge in [-0.1, -0.05) is 80.4 Å². The van der Waals surface area contributed by atoms with Crippen LogP contribution in [0.3, 0.4) is 0 Å². The van der Waals surface area contributed by atoms with Crippen LogP contribution in [-0.4, -0.2) is 84.6 Å². The van der Waals surface area contributed by atoms with Crippen molar-refractivity contribution in [2.24, 2.45) is 0 Å².